The number of aryl methyl sites for hydroxylation is 2. The number of H-pyrrole nitrogens is 1. The predicted molar refractivity (Wildman–Crippen MR) is 76.0 cm³/mol. The molecule has 1 N–H and O–H groups in total. The SMILES string of the molecule is Cc1n[nH]c(C)c1CCCOc1ccccc1Br. The van der Waals surface area contributed by atoms with Crippen molar-refractivity contribution in [3.05, 3.63) is 45.7 Å². The summed E-state index contributed by atoms with van der Waals surface area (Å²) in [5.74, 6) is 0.901. The molecule has 18 heavy (non-hydrogen) atoms. The van der Waals surface area contributed by atoms with Crippen molar-refractivity contribution in [3.8, 4) is 5.75 Å². The van der Waals surface area contributed by atoms with Crippen molar-refractivity contribution in [2.24, 2.45) is 0 Å². The van der Waals surface area contributed by atoms with Gasteiger partial charge in [0, 0.05) is 5.69 Å². The molecule has 0 aliphatic carbocycles. The highest BCUT2D eigenvalue weighted by molar-refractivity contribution is 9.10. The molecule has 0 fully saturated rings. The van der Waals surface area contributed by atoms with Crippen molar-refractivity contribution < 1.29 is 4.74 Å². The number of para-hydroxylation sites is 1. The Morgan fingerprint density at radius 2 is 2.06 bits per heavy atom. The topological polar surface area (TPSA) is 37.9 Å². The summed E-state index contributed by atoms with van der Waals surface area (Å²) in [6.07, 6.45) is 1.99. The van der Waals surface area contributed by atoms with Gasteiger partial charge in [0.1, 0.15) is 5.75 Å². The Morgan fingerprint density at radius 1 is 1.28 bits per heavy atom. The van der Waals surface area contributed by atoms with E-state index in [2.05, 4.69) is 33.1 Å². The molecule has 0 aliphatic heterocycles. The van der Waals surface area contributed by atoms with Crippen LogP contribution in [0, 0.1) is 13.8 Å². The standard InChI is InChI=1S/C14H17BrN2O/c1-10-12(11(2)17-16-10)6-5-9-18-14-8-4-3-7-13(14)15/h3-4,7-8H,5-6,9H2,1-2H3,(H,16,17). The average Bonchev–Trinajstić information content (AvgIpc) is 2.67. The monoisotopic (exact) mass is 308 g/mol. The van der Waals surface area contributed by atoms with Crippen molar-refractivity contribution >= 4 is 15.9 Å². The highest BCUT2D eigenvalue weighted by Crippen LogP contribution is 2.24. The molecule has 1 aromatic heterocycles. The smallest absolute Gasteiger partial charge is 0.133 e. The maximum absolute atomic E-state index is 5.74. The lowest BCUT2D eigenvalue weighted by Gasteiger charge is -2.07. The van der Waals surface area contributed by atoms with Gasteiger partial charge >= 0.3 is 0 Å². The van der Waals surface area contributed by atoms with Crippen LogP contribution in [0.4, 0.5) is 0 Å². The second-order valence-electron chi connectivity index (χ2n) is 4.30. The lowest BCUT2D eigenvalue weighted by molar-refractivity contribution is 0.309. The third-order valence-electron chi connectivity index (χ3n) is 2.95. The van der Waals surface area contributed by atoms with Gasteiger partial charge in [0.2, 0.25) is 0 Å². The summed E-state index contributed by atoms with van der Waals surface area (Å²) in [5.41, 5.74) is 3.56. The summed E-state index contributed by atoms with van der Waals surface area (Å²) in [7, 11) is 0. The highest BCUT2D eigenvalue weighted by Gasteiger charge is 2.06. The number of aromatic nitrogens is 2. The Morgan fingerprint density at radius 3 is 2.72 bits per heavy atom. The number of nitrogens with one attached hydrogen (secondary N) is 1. The summed E-state index contributed by atoms with van der Waals surface area (Å²) in [6.45, 7) is 4.81. The quantitative estimate of drug-likeness (QED) is 0.853. The molecule has 96 valence electrons. The molecule has 0 spiro atoms. The van der Waals surface area contributed by atoms with Gasteiger partial charge in [-0.2, -0.15) is 5.10 Å². The predicted octanol–water partition coefficient (Wildman–Crippen LogP) is 3.80. The Kier molecular flexibility index (Phi) is 4.42. The molecule has 0 unspecified atom stereocenters. The molecule has 1 heterocycles. The Hall–Kier alpha value is -1.29. The fraction of sp³-hybridized carbons (Fsp3) is 0.357. The van der Waals surface area contributed by atoms with E-state index in [1.165, 1.54) is 5.56 Å². The number of hydrogen-bond acceptors (Lipinski definition) is 2. The minimum atomic E-state index is 0.715. The number of nitrogens with zero attached hydrogens (tertiary/aromatic N) is 1. The van der Waals surface area contributed by atoms with E-state index in [0.29, 0.717) is 6.61 Å². The van der Waals surface area contributed by atoms with Crippen LogP contribution in [0.3, 0.4) is 0 Å². The molecular weight excluding hydrogens is 292 g/mol. The van der Waals surface area contributed by atoms with E-state index >= 15 is 0 Å². The minimum Gasteiger partial charge on any atom is -0.492 e. The van der Waals surface area contributed by atoms with E-state index in [0.717, 1.165) is 34.5 Å². The van der Waals surface area contributed by atoms with Gasteiger partial charge in [-0.1, -0.05) is 12.1 Å². The zero-order valence-electron chi connectivity index (χ0n) is 10.7. The number of hydrogen-bond donors (Lipinski definition) is 1. The molecule has 4 heteroatoms. The molecule has 2 aromatic rings. The average molecular weight is 309 g/mol. The number of rotatable bonds is 5. The van der Waals surface area contributed by atoms with E-state index in [1.807, 2.05) is 31.2 Å². The van der Waals surface area contributed by atoms with Gasteiger partial charge in [-0.25, -0.2) is 0 Å². The van der Waals surface area contributed by atoms with Gasteiger partial charge in [0.15, 0.2) is 0 Å². The van der Waals surface area contributed by atoms with E-state index in [-0.39, 0.29) is 0 Å². The molecule has 3 nitrogen and oxygen atoms in total. The molecule has 1 aromatic carbocycles. The van der Waals surface area contributed by atoms with Gasteiger partial charge in [-0.15, -0.1) is 0 Å². The molecule has 0 saturated heterocycles. The van der Waals surface area contributed by atoms with Crippen LogP contribution in [0.25, 0.3) is 0 Å². The first-order chi connectivity index (χ1) is 8.68. The summed E-state index contributed by atoms with van der Waals surface area (Å²) >= 11 is 3.47. The first-order valence-electron chi connectivity index (χ1n) is 6.06. The van der Waals surface area contributed by atoms with Gasteiger partial charge in [-0.3, -0.25) is 5.10 Å². The molecular formula is C14H17BrN2O. The summed E-state index contributed by atoms with van der Waals surface area (Å²) in [6, 6.07) is 7.91. The molecule has 0 bridgehead atoms. The summed E-state index contributed by atoms with van der Waals surface area (Å²) < 4.78 is 6.74. The summed E-state index contributed by atoms with van der Waals surface area (Å²) in [5, 5.41) is 7.20. The number of aromatic amines is 1. The number of benzene rings is 1. The third-order valence-corrected chi connectivity index (χ3v) is 3.60. The molecule has 0 radical (unpaired) electrons. The van der Waals surface area contributed by atoms with Gasteiger partial charge in [-0.05, 0) is 60.3 Å². The van der Waals surface area contributed by atoms with Crippen LogP contribution in [0.1, 0.15) is 23.4 Å². The van der Waals surface area contributed by atoms with Crippen LogP contribution in [0.5, 0.6) is 5.75 Å². The van der Waals surface area contributed by atoms with Crippen LogP contribution < -0.4 is 4.74 Å². The largest absolute Gasteiger partial charge is 0.492 e. The zero-order chi connectivity index (χ0) is 13.0. The maximum atomic E-state index is 5.74. The van der Waals surface area contributed by atoms with E-state index in [1.54, 1.807) is 0 Å². The Labute approximate surface area is 116 Å². The number of halogens is 1. The zero-order valence-corrected chi connectivity index (χ0v) is 12.3. The normalized spacial score (nSPS) is 10.6. The maximum Gasteiger partial charge on any atom is 0.133 e. The number of ether oxygens (including phenoxy) is 1. The molecule has 0 aliphatic rings. The van der Waals surface area contributed by atoms with Gasteiger partial charge < -0.3 is 4.74 Å². The molecule has 2 rings (SSSR count). The molecule has 0 atom stereocenters. The van der Waals surface area contributed by atoms with E-state index in [9.17, 15) is 0 Å². The first-order valence-corrected chi connectivity index (χ1v) is 6.85. The lowest BCUT2D eigenvalue weighted by Crippen LogP contribution is -2.00. The van der Waals surface area contributed by atoms with Crippen LogP contribution in [0.15, 0.2) is 28.7 Å². The van der Waals surface area contributed by atoms with Crippen molar-refractivity contribution in [1.82, 2.24) is 10.2 Å². The second-order valence-corrected chi connectivity index (χ2v) is 5.15. The second kappa shape index (κ2) is 6.05. The fourth-order valence-electron chi connectivity index (χ4n) is 1.94. The van der Waals surface area contributed by atoms with Crippen molar-refractivity contribution in [2.45, 2.75) is 26.7 Å². The fourth-order valence-corrected chi connectivity index (χ4v) is 2.33. The minimum absolute atomic E-state index is 0.715. The Balaban J connectivity index is 1.82. The van der Waals surface area contributed by atoms with Crippen molar-refractivity contribution in [2.75, 3.05) is 6.61 Å². The van der Waals surface area contributed by atoms with Gasteiger partial charge in [0.05, 0.1) is 16.8 Å². The lowest BCUT2D eigenvalue weighted by atomic mass is 10.1. The van der Waals surface area contributed by atoms with E-state index < -0.39 is 0 Å². The van der Waals surface area contributed by atoms with Crippen LogP contribution in [-0.4, -0.2) is 16.8 Å². The first kappa shape index (κ1) is 13.1. The van der Waals surface area contributed by atoms with Crippen LogP contribution in [-0.2, 0) is 6.42 Å². The van der Waals surface area contributed by atoms with Crippen molar-refractivity contribution in [1.29, 1.82) is 0 Å². The van der Waals surface area contributed by atoms with Crippen molar-refractivity contribution in [3.63, 3.8) is 0 Å². The van der Waals surface area contributed by atoms with Crippen LogP contribution >= 0.6 is 15.9 Å². The van der Waals surface area contributed by atoms with E-state index in [4.69, 9.17) is 4.74 Å². The molecule has 0 saturated carbocycles. The van der Waals surface area contributed by atoms with Gasteiger partial charge in [0.25, 0.3) is 0 Å². The highest BCUT2D eigenvalue weighted by atomic mass is 79.9. The summed E-state index contributed by atoms with van der Waals surface area (Å²) in [4.78, 5) is 0. The van der Waals surface area contributed by atoms with Crippen LogP contribution in [0.2, 0.25) is 0 Å². The molecule has 0 amide bonds. The Bertz CT molecular complexity index is 503. The third kappa shape index (κ3) is 3.13.